The van der Waals surface area contributed by atoms with E-state index >= 15 is 0 Å². The van der Waals surface area contributed by atoms with Crippen molar-refractivity contribution in [3.63, 3.8) is 0 Å². The van der Waals surface area contributed by atoms with Gasteiger partial charge in [-0.15, -0.1) is 0 Å². The first-order valence-electron chi connectivity index (χ1n) is 6.60. The molecule has 0 atom stereocenters. The first kappa shape index (κ1) is 16.1. The van der Waals surface area contributed by atoms with Crippen LogP contribution in [0.5, 0.6) is 11.5 Å². The van der Waals surface area contributed by atoms with E-state index in [0.717, 1.165) is 41.0 Å². The number of nitrogens with one attached hydrogen (secondary N) is 1. The number of halogens is 1. The monoisotopic (exact) mass is 327 g/mol. The molecule has 0 bridgehead atoms. The third kappa shape index (κ3) is 5.25. The summed E-state index contributed by atoms with van der Waals surface area (Å²) in [5, 5.41) is 3.33. The van der Waals surface area contributed by atoms with Gasteiger partial charge in [0.2, 0.25) is 0 Å². The molecule has 0 saturated carbocycles. The number of hydrogen-bond acceptors (Lipinski definition) is 3. The Morgan fingerprint density at radius 1 is 1.32 bits per heavy atom. The molecule has 4 heteroatoms. The van der Waals surface area contributed by atoms with Gasteiger partial charge >= 0.3 is 0 Å². The molecule has 106 valence electrons. The zero-order chi connectivity index (χ0) is 14.1. The second-order valence-electron chi connectivity index (χ2n) is 4.07. The van der Waals surface area contributed by atoms with E-state index in [9.17, 15) is 0 Å². The molecule has 1 aromatic carbocycles. The molecule has 1 N–H and O–H groups in total. The molecule has 0 spiro atoms. The number of rotatable bonds is 8. The number of benzene rings is 1. The van der Waals surface area contributed by atoms with Gasteiger partial charge < -0.3 is 14.8 Å². The molecular weight excluding hydrogens is 306 g/mol. The standard InChI is InChI=1S/C15H22BrNO2/c1-4-8-17-9-6-7-12-10-13(16)15(18-3)14(11-12)19-5-2/h6-7,10-11,17H,4-5,8-9H2,1-3H3. The fraction of sp³-hybridized carbons (Fsp3) is 0.467. The normalized spacial score (nSPS) is 10.9. The summed E-state index contributed by atoms with van der Waals surface area (Å²) in [5.41, 5.74) is 1.09. The smallest absolute Gasteiger partial charge is 0.174 e. The highest BCUT2D eigenvalue weighted by atomic mass is 79.9. The summed E-state index contributed by atoms with van der Waals surface area (Å²) >= 11 is 3.51. The summed E-state index contributed by atoms with van der Waals surface area (Å²) in [4.78, 5) is 0. The topological polar surface area (TPSA) is 30.5 Å². The van der Waals surface area contributed by atoms with Gasteiger partial charge in [-0.1, -0.05) is 19.1 Å². The molecule has 0 aliphatic heterocycles. The molecule has 0 radical (unpaired) electrons. The van der Waals surface area contributed by atoms with Gasteiger partial charge in [-0.3, -0.25) is 0 Å². The Balaban J connectivity index is 2.79. The highest BCUT2D eigenvalue weighted by Crippen LogP contribution is 2.36. The maximum absolute atomic E-state index is 5.59. The first-order valence-corrected chi connectivity index (χ1v) is 7.39. The number of ether oxygens (including phenoxy) is 2. The largest absolute Gasteiger partial charge is 0.492 e. The SMILES string of the molecule is CCCNCC=Cc1cc(Br)c(OC)c(OCC)c1. The Morgan fingerprint density at radius 2 is 2.11 bits per heavy atom. The predicted octanol–water partition coefficient (Wildman–Crippen LogP) is 3.87. The van der Waals surface area contributed by atoms with Crippen molar-refractivity contribution < 1.29 is 9.47 Å². The third-order valence-corrected chi connectivity index (χ3v) is 3.12. The van der Waals surface area contributed by atoms with Crippen molar-refractivity contribution in [1.29, 1.82) is 0 Å². The van der Waals surface area contributed by atoms with Gasteiger partial charge in [0.25, 0.3) is 0 Å². The van der Waals surface area contributed by atoms with Crippen molar-refractivity contribution in [3.05, 3.63) is 28.2 Å². The molecular formula is C15H22BrNO2. The third-order valence-electron chi connectivity index (χ3n) is 2.54. The van der Waals surface area contributed by atoms with E-state index < -0.39 is 0 Å². The molecule has 0 saturated heterocycles. The number of hydrogen-bond donors (Lipinski definition) is 1. The fourth-order valence-corrected chi connectivity index (χ4v) is 2.32. The lowest BCUT2D eigenvalue weighted by Crippen LogP contribution is -2.13. The minimum Gasteiger partial charge on any atom is -0.492 e. The van der Waals surface area contributed by atoms with Gasteiger partial charge in [0, 0.05) is 6.54 Å². The Morgan fingerprint density at radius 3 is 2.74 bits per heavy atom. The van der Waals surface area contributed by atoms with Gasteiger partial charge in [-0.25, -0.2) is 0 Å². The van der Waals surface area contributed by atoms with Crippen molar-refractivity contribution in [2.75, 3.05) is 26.8 Å². The summed E-state index contributed by atoms with van der Waals surface area (Å²) in [6, 6.07) is 4.01. The van der Waals surface area contributed by atoms with Crippen LogP contribution in [0.25, 0.3) is 6.08 Å². The average Bonchev–Trinajstić information content (AvgIpc) is 2.39. The Hall–Kier alpha value is -1.00. The molecule has 0 heterocycles. The van der Waals surface area contributed by atoms with Crippen molar-refractivity contribution >= 4 is 22.0 Å². The molecule has 0 aromatic heterocycles. The van der Waals surface area contributed by atoms with Gasteiger partial charge in [0.05, 0.1) is 18.2 Å². The van der Waals surface area contributed by atoms with E-state index in [1.165, 1.54) is 0 Å². The molecule has 0 unspecified atom stereocenters. The number of methoxy groups -OCH3 is 1. The van der Waals surface area contributed by atoms with Gasteiger partial charge in [-0.05, 0) is 53.5 Å². The first-order chi connectivity index (χ1) is 9.22. The highest BCUT2D eigenvalue weighted by Gasteiger charge is 2.09. The predicted molar refractivity (Wildman–Crippen MR) is 84.1 cm³/mol. The van der Waals surface area contributed by atoms with E-state index in [1.807, 2.05) is 19.1 Å². The minimum absolute atomic E-state index is 0.619. The lowest BCUT2D eigenvalue weighted by molar-refractivity contribution is 0.310. The van der Waals surface area contributed by atoms with Crippen LogP contribution in [-0.2, 0) is 0 Å². The van der Waals surface area contributed by atoms with E-state index in [1.54, 1.807) is 7.11 Å². The van der Waals surface area contributed by atoms with E-state index in [0.29, 0.717) is 6.61 Å². The molecule has 1 rings (SSSR count). The second-order valence-corrected chi connectivity index (χ2v) is 4.93. The second kappa shape index (κ2) is 8.99. The van der Waals surface area contributed by atoms with Gasteiger partial charge in [0.15, 0.2) is 11.5 Å². The zero-order valence-electron chi connectivity index (χ0n) is 11.8. The van der Waals surface area contributed by atoms with Gasteiger partial charge in [-0.2, -0.15) is 0 Å². The van der Waals surface area contributed by atoms with Crippen molar-refractivity contribution in [2.24, 2.45) is 0 Å². The van der Waals surface area contributed by atoms with Crippen molar-refractivity contribution in [2.45, 2.75) is 20.3 Å². The summed E-state index contributed by atoms with van der Waals surface area (Å²) in [6.45, 7) is 6.66. The van der Waals surface area contributed by atoms with E-state index in [2.05, 4.69) is 40.3 Å². The molecule has 0 fully saturated rings. The van der Waals surface area contributed by atoms with Crippen LogP contribution >= 0.6 is 15.9 Å². The average molecular weight is 328 g/mol. The maximum Gasteiger partial charge on any atom is 0.174 e. The molecule has 0 aliphatic rings. The zero-order valence-corrected chi connectivity index (χ0v) is 13.4. The lowest BCUT2D eigenvalue weighted by Gasteiger charge is -2.12. The Kier molecular flexibility index (Phi) is 7.60. The molecule has 1 aromatic rings. The van der Waals surface area contributed by atoms with Crippen LogP contribution in [0.1, 0.15) is 25.8 Å². The summed E-state index contributed by atoms with van der Waals surface area (Å²) in [6.07, 6.45) is 5.34. The van der Waals surface area contributed by atoms with Crippen LogP contribution in [0.2, 0.25) is 0 Å². The molecule has 19 heavy (non-hydrogen) atoms. The molecule has 0 aliphatic carbocycles. The van der Waals surface area contributed by atoms with Crippen molar-refractivity contribution in [3.8, 4) is 11.5 Å². The Labute approximate surface area is 124 Å². The van der Waals surface area contributed by atoms with E-state index in [4.69, 9.17) is 9.47 Å². The van der Waals surface area contributed by atoms with Crippen LogP contribution in [-0.4, -0.2) is 26.8 Å². The van der Waals surface area contributed by atoms with Crippen molar-refractivity contribution in [1.82, 2.24) is 5.32 Å². The minimum atomic E-state index is 0.619. The maximum atomic E-state index is 5.59. The summed E-state index contributed by atoms with van der Waals surface area (Å²) in [7, 11) is 1.65. The summed E-state index contributed by atoms with van der Waals surface area (Å²) in [5.74, 6) is 1.50. The van der Waals surface area contributed by atoms with E-state index in [-0.39, 0.29) is 0 Å². The summed E-state index contributed by atoms with van der Waals surface area (Å²) < 4.78 is 11.8. The Bertz CT molecular complexity index is 419. The lowest BCUT2D eigenvalue weighted by atomic mass is 10.2. The molecule has 0 amide bonds. The molecule has 3 nitrogen and oxygen atoms in total. The van der Waals surface area contributed by atoms with Crippen LogP contribution in [0.3, 0.4) is 0 Å². The van der Waals surface area contributed by atoms with Crippen LogP contribution in [0.15, 0.2) is 22.7 Å². The quantitative estimate of drug-likeness (QED) is 0.735. The van der Waals surface area contributed by atoms with Gasteiger partial charge in [0.1, 0.15) is 0 Å². The highest BCUT2D eigenvalue weighted by molar-refractivity contribution is 9.10. The van der Waals surface area contributed by atoms with Crippen LogP contribution in [0.4, 0.5) is 0 Å². The van der Waals surface area contributed by atoms with Crippen LogP contribution in [0, 0.1) is 0 Å². The fourth-order valence-electron chi connectivity index (χ4n) is 1.70. The van der Waals surface area contributed by atoms with Crippen LogP contribution < -0.4 is 14.8 Å².